The van der Waals surface area contributed by atoms with E-state index in [1.54, 1.807) is 10.4 Å². The van der Waals surface area contributed by atoms with Gasteiger partial charge in [-0.2, -0.15) is 4.31 Å². The zero-order chi connectivity index (χ0) is 15.6. The summed E-state index contributed by atoms with van der Waals surface area (Å²) in [6, 6.07) is 3.99. The molecule has 1 aliphatic rings. The predicted octanol–water partition coefficient (Wildman–Crippen LogP) is 3.04. The number of nitrogens with zero attached hydrogens (tertiary/aromatic N) is 1. The Kier molecular flexibility index (Phi) is 5.46. The molecule has 0 heterocycles. The zero-order valence-corrected chi connectivity index (χ0v) is 15.2. The van der Waals surface area contributed by atoms with E-state index in [9.17, 15) is 8.42 Å². The molecular weight excluding hydrogens is 352 g/mol. The van der Waals surface area contributed by atoms with Gasteiger partial charge in [0.15, 0.2) is 0 Å². The molecule has 21 heavy (non-hydrogen) atoms. The molecule has 1 saturated carbocycles. The topological polar surface area (TPSA) is 49.4 Å². The van der Waals surface area contributed by atoms with Crippen LogP contribution in [0.2, 0.25) is 0 Å². The van der Waals surface area contributed by atoms with Crippen LogP contribution in [-0.4, -0.2) is 32.4 Å². The fourth-order valence-corrected chi connectivity index (χ4v) is 5.32. The molecule has 1 N–H and O–H groups in total. The van der Waals surface area contributed by atoms with Crippen molar-refractivity contribution in [2.75, 3.05) is 13.6 Å². The van der Waals surface area contributed by atoms with Crippen LogP contribution in [0.4, 0.5) is 0 Å². The molecule has 1 fully saturated rings. The highest BCUT2D eigenvalue weighted by atomic mass is 79.9. The second-order valence-electron chi connectivity index (χ2n) is 5.60. The van der Waals surface area contributed by atoms with Gasteiger partial charge in [0.25, 0.3) is 0 Å². The number of sulfonamides is 1. The Morgan fingerprint density at radius 1 is 1.38 bits per heavy atom. The lowest BCUT2D eigenvalue weighted by Gasteiger charge is -2.23. The zero-order valence-electron chi connectivity index (χ0n) is 12.8. The van der Waals surface area contributed by atoms with Crippen LogP contribution in [0.15, 0.2) is 21.5 Å². The van der Waals surface area contributed by atoms with Crippen molar-refractivity contribution >= 4 is 26.0 Å². The lowest BCUT2D eigenvalue weighted by atomic mass is 10.1. The fraction of sp³-hybridized carbons (Fsp3) is 0.600. The SMILES string of the molecule is CCCN(C1CC1)S(=O)(=O)c1cc(CNC)cc(C)c1Br. The van der Waals surface area contributed by atoms with Crippen molar-refractivity contribution in [1.82, 2.24) is 9.62 Å². The minimum Gasteiger partial charge on any atom is -0.316 e. The molecule has 0 aromatic heterocycles. The van der Waals surface area contributed by atoms with Crippen LogP contribution in [-0.2, 0) is 16.6 Å². The molecule has 1 aliphatic carbocycles. The van der Waals surface area contributed by atoms with Crippen LogP contribution < -0.4 is 5.32 Å². The molecular formula is C15H23BrN2O2S. The van der Waals surface area contributed by atoms with Gasteiger partial charge in [0.2, 0.25) is 10.0 Å². The van der Waals surface area contributed by atoms with E-state index in [1.807, 2.05) is 27.0 Å². The third-order valence-corrected chi connectivity index (χ3v) is 6.94. The molecule has 0 bridgehead atoms. The van der Waals surface area contributed by atoms with Gasteiger partial charge in [-0.15, -0.1) is 0 Å². The van der Waals surface area contributed by atoms with E-state index in [1.165, 1.54) is 0 Å². The molecule has 0 amide bonds. The Bertz CT molecular complexity index is 612. The van der Waals surface area contributed by atoms with Gasteiger partial charge in [-0.05, 0) is 66.4 Å². The maximum atomic E-state index is 13.0. The summed E-state index contributed by atoms with van der Waals surface area (Å²) in [7, 11) is -1.58. The van der Waals surface area contributed by atoms with Crippen LogP contribution in [0.3, 0.4) is 0 Å². The third kappa shape index (κ3) is 3.67. The van der Waals surface area contributed by atoms with E-state index in [-0.39, 0.29) is 6.04 Å². The second kappa shape index (κ2) is 6.77. The molecule has 0 atom stereocenters. The van der Waals surface area contributed by atoms with Crippen LogP contribution in [0.1, 0.15) is 37.3 Å². The first-order chi connectivity index (χ1) is 9.91. The largest absolute Gasteiger partial charge is 0.316 e. The van der Waals surface area contributed by atoms with Crippen LogP contribution in [0.25, 0.3) is 0 Å². The average molecular weight is 375 g/mol. The molecule has 2 rings (SSSR count). The van der Waals surface area contributed by atoms with Crippen molar-refractivity contribution in [3.63, 3.8) is 0 Å². The number of hydrogen-bond acceptors (Lipinski definition) is 3. The fourth-order valence-electron chi connectivity index (χ4n) is 2.51. The van der Waals surface area contributed by atoms with Crippen molar-refractivity contribution in [3.05, 3.63) is 27.7 Å². The maximum absolute atomic E-state index is 13.0. The number of nitrogens with one attached hydrogen (secondary N) is 1. The molecule has 0 spiro atoms. The monoisotopic (exact) mass is 374 g/mol. The number of halogens is 1. The number of rotatable bonds is 7. The quantitative estimate of drug-likeness (QED) is 0.797. The third-order valence-electron chi connectivity index (χ3n) is 3.65. The Morgan fingerprint density at radius 2 is 2.05 bits per heavy atom. The van der Waals surface area contributed by atoms with E-state index in [2.05, 4.69) is 21.2 Å². The van der Waals surface area contributed by atoms with Crippen molar-refractivity contribution in [3.8, 4) is 0 Å². The normalized spacial score (nSPS) is 15.7. The first-order valence-electron chi connectivity index (χ1n) is 7.37. The van der Waals surface area contributed by atoms with Gasteiger partial charge in [0.1, 0.15) is 0 Å². The van der Waals surface area contributed by atoms with Crippen molar-refractivity contribution in [1.29, 1.82) is 0 Å². The summed E-state index contributed by atoms with van der Waals surface area (Å²) in [5.74, 6) is 0. The van der Waals surface area contributed by atoms with Crippen molar-refractivity contribution < 1.29 is 8.42 Å². The van der Waals surface area contributed by atoms with Crippen LogP contribution in [0, 0.1) is 6.92 Å². The Morgan fingerprint density at radius 3 is 2.57 bits per heavy atom. The molecule has 4 nitrogen and oxygen atoms in total. The molecule has 0 saturated heterocycles. The molecule has 1 aromatic rings. The summed E-state index contributed by atoms with van der Waals surface area (Å²) < 4.78 is 28.4. The second-order valence-corrected chi connectivity index (χ2v) is 8.25. The van der Waals surface area contributed by atoms with Gasteiger partial charge in [0.05, 0.1) is 4.90 Å². The smallest absolute Gasteiger partial charge is 0.244 e. The van der Waals surface area contributed by atoms with Gasteiger partial charge in [-0.1, -0.05) is 13.0 Å². The Balaban J connectivity index is 2.47. The molecule has 0 aliphatic heterocycles. The highest BCUT2D eigenvalue weighted by molar-refractivity contribution is 9.10. The first-order valence-corrected chi connectivity index (χ1v) is 9.60. The Hall–Kier alpha value is -0.430. The summed E-state index contributed by atoms with van der Waals surface area (Å²) >= 11 is 3.46. The number of aryl methyl sites for hydroxylation is 1. The summed E-state index contributed by atoms with van der Waals surface area (Å²) in [6.07, 6.45) is 2.79. The summed E-state index contributed by atoms with van der Waals surface area (Å²) in [5.41, 5.74) is 1.94. The first kappa shape index (κ1) is 16.9. The minimum atomic E-state index is -3.44. The molecule has 6 heteroatoms. The highest BCUT2D eigenvalue weighted by Crippen LogP contribution is 2.36. The average Bonchev–Trinajstić information content (AvgIpc) is 3.24. The summed E-state index contributed by atoms with van der Waals surface area (Å²) in [6.45, 7) is 5.20. The van der Waals surface area contributed by atoms with E-state index in [0.717, 1.165) is 30.4 Å². The van der Waals surface area contributed by atoms with Gasteiger partial charge in [-0.25, -0.2) is 8.42 Å². The minimum absolute atomic E-state index is 0.190. The van der Waals surface area contributed by atoms with E-state index < -0.39 is 10.0 Å². The van der Waals surface area contributed by atoms with Crippen molar-refractivity contribution in [2.24, 2.45) is 0 Å². The summed E-state index contributed by atoms with van der Waals surface area (Å²) in [5, 5.41) is 3.08. The molecule has 1 aromatic carbocycles. The van der Waals surface area contributed by atoms with Crippen molar-refractivity contribution in [2.45, 2.75) is 50.6 Å². The number of benzene rings is 1. The van der Waals surface area contributed by atoms with Crippen LogP contribution >= 0.6 is 15.9 Å². The van der Waals surface area contributed by atoms with Crippen LogP contribution in [0.5, 0.6) is 0 Å². The van der Waals surface area contributed by atoms with E-state index >= 15 is 0 Å². The molecule has 0 unspecified atom stereocenters. The standard InChI is InChI=1S/C15H23BrN2O2S/c1-4-7-18(13-5-6-13)21(19,20)14-9-12(10-17-3)8-11(2)15(14)16/h8-9,13,17H,4-7,10H2,1-3H3. The lowest BCUT2D eigenvalue weighted by molar-refractivity contribution is 0.403. The lowest BCUT2D eigenvalue weighted by Crippen LogP contribution is -2.34. The highest BCUT2D eigenvalue weighted by Gasteiger charge is 2.38. The molecule has 118 valence electrons. The van der Waals surface area contributed by atoms with Gasteiger partial charge < -0.3 is 5.32 Å². The van der Waals surface area contributed by atoms with Gasteiger partial charge in [-0.3, -0.25) is 0 Å². The number of hydrogen-bond donors (Lipinski definition) is 1. The molecule has 0 radical (unpaired) electrons. The Labute approximate surface area is 136 Å². The summed E-state index contributed by atoms with van der Waals surface area (Å²) in [4.78, 5) is 0.396. The van der Waals surface area contributed by atoms with Gasteiger partial charge >= 0.3 is 0 Å². The van der Waals surface area contributed by atoms with E-state index in [4.69, 9.17) is 0 Å². The maximum Gasteiger partial charge on any atom is 0.244 e. The predicted molar refractivity (Wildman–Crippen MR) is 88.8 cm³/mol. The van der Waals surface area contributed by atoms with Gasteiger partial charge in [0, 0.05) is 23.6 Å². The van der Waals surface area contributed by atoms with E-state index in [0.29, 0.717) is 22.5 Å².